The highest BCUT2D eigenvalue weighted by molar-refractivity contribution is 5.82. The number of ether oxygens (including phenoxy) is 1. The van der Waals surface area contributed by atoms with Crippen molar-refractivity contribution in [3.8, 4) is 0 Å². The Balaban J connectivity index is 2.71. The van der Waals surface area contributed by atoms with Crippen LogP contribution in [0, 0.1) is 0 Å². The summed E-state index contributed by atoms with van der Waals surface area (Å²) in [6.07, 6.45) is -1.41. The number of carbonyl (C=O) groups is 1. The summed E-state index contributed by atoms with van der Waals surface area (Å²) in [6.45, 7) is -0.558. The molecule has 1 aliphatic rings. The Bertz CT molecular complexity index is 168. The Morgan fingerprint density at radius 1 is 1.73 bits per heavy atom. The van der Waals surface area contributed by atoms with Gasteiger partial charge >= 0.3 is 5.97 Å². The number of carbonyl (C=O) groups excluding carboxylic acids is 1. The van der Waals surface area contributed by atoms with Gasteiger partial charge in [0.15, 0.2) is 5.60 Å². The molecule has 2 unspecified atom stereocenters. The van der Waals surface area contributed by atoms with Crippen LogP contribution in [0.15, 0.2) is 0 Å². The van der Waals surface area contributed by atoms with Crippen molar-refractivity contribution < 1.29 is 24.9 Å². The van der Waals surface area contributed by atoms with Crippen LogP contribution in [0.1, 0.15) is 6.42 Å². The molecule has 11 heavy (non-hydrogen) atoms. The van der Waals surface area contributed by atoms with Gasteiger partial charge in [-0.1, -0.05) is 0 Å². The maximum Gasteiger partial charge on any atom is 0.341 e. The molecule has 1 saturated heterocycles. The molecular formula is C6H10O5. The van der Waals surface area contributed by atoms with Crippen LogP contribution in [0.4, 0.5) is 0 Å². The molecule has 0 aromatic heterocycles. The number of aliphatic hydroxyl groups is 3. The maximum atomic E-state index is 10.8. The van der Waals surface area contributed by atoms with E-state index in [2.05, 4.69) is 4.74 Å². The first-order chi connectivity index (χ1) is 5.11. The molecule has 64 valence electrons. The summed E-state index contributed by atoms with van der Waals surface area (Å²) in [4.78, 5) is 10.8. The van der Waals surface area contributed by atoms with Crippen molar-refractivity contribution in [2.75, 3.05) is 13.2 Å². The van der Waals surface area contributed by atoms with E-state index in [0.29, 0.717) is 0 Å². The van der Waals surface area contributed by atoms with Crippen molar-refractivity contribution in [3.05, 3.63) is 0 Å². The molecule has 5 heteroatoms. The van der Waals surface area contributed by atoms with E-state index in [0.717, 1.165) is 0 Å². The molecule has 0 amide bonds. The maximum absolute atomic E-state index is 10.8. The molecular weight excluding hydrogens is 152 g/mol. The lowest BCUT2D eigenvalue weighted by Gasteiger charge is -2.19. The second kappa shape index (κ2) is 2.77. The summed E-state index contributed by atoms with van der Waals surface area (Å²) in [7, 11) is 0. The highest BCUT2D eigenvalue weighted by Crippen LogP contribution is 2.23. The van der Waals surface area contributed by atoms with E-state index < -0.39 is 17.7 Å². The van der Waals surface area contributed by atoms with Crippen LogP contribution in [-0.2, 0) is 9.53 Å². The van der Waals surface area contributed by atoms with Crippen LogP contribution in [-0.4, -0.2) is 46.2 Å². The van der Waals surface area contributed by atoms with E-state index in [-0.39, 0.29) is 19.6 Å². The lowest BCUT2D eigenvalue weighted by atomic mass is 9.96. The molecule has 0 aromatic rings. The molecule has 1 heterocycles. The summed E-state index contributed by atoms with van der Waals surface area (Å²) >= 11 is 0. The predicted molar refractivity (Wildman–Crippen MR) is 33.6 cm³/mol. The van der Waals surface area contributed by atoms with Gasteiger partial charge in [-0.25, -0.2) is 4.79 Å². The van der Waals surface area contributed by atoms with E-state index in [1.807, 2.05) is 0 Å². The zero-order valence-electron chi connectivity index (χ0n) is 5.86. The van der Waals surface area contributed by atoms with Crippen molar-refractivity contribution in [2.45, 2.75) is 18.1 Å². The number of esters is 1. The fourth-order valence-corrected chi connectivity index (χ4v) is 0.993. The topological polar surface area (TPSA) is 87.0 Å². The highest BCUT2D eigenvalue weighted by atomic mass is 16.6. The van der Waals surface area contributed by atoms with Crippen molar-refractivity contribution in [2.24, 2.45) is 0 Å². The first kappa shape index (κ1) is 8.45. The highest BCUT2D eigenvalue weighted by Gasteiger charge is 2.50. The van der Waals surface area contributed by atoms with Crippen LogP contribution in [0.2, 0.25) is 0 Å². The number of cyclic esters (lactones) is 1. The van der Waals surface area contributed by atoms with E-state index in [1.165, 1.54) is 0 Å². The van der Waals surface area contributed by atoms with E-state index in [4.69, 9.17) is 10.2 Å². The van der Waals surface area contributed by atoms with Crippen LogP contribution in [0.25, 0.3) is 0 Å². The summed E-state index contributed by atoms with van der Waals surface area (Å²) in [5.74, 6) is -0.862. The Morgan fingerprint density at radius 3 is 2.73 bits per heavy atom. The Morgan fingerprint density at radius 2 is 2.36 bits per heavy atom. The van der Waals surface area contributed by atoms with Gasteiger partial charge in [-0.2, -0.15) is 0 Å². The molecule has 1 rings (SSSR count). The Kier molecular flexibility index (Phi) is 2.12. The third-order valence-electron chi connectivity index (χ3n) is 1.77. The lowest BCUT2D eigenvalue weighted by molar-refractivity contribution is -0.157. The summed E-state index contributed by atoms with van der Waals surface area (Å²) in [5, 5.41) is 26.8. The van der Waals surface area contributed by atoms with Gasteiger partial charge in [0, 0.05) is 13.0 Å². The van der Waals surface area contributed by atoms with Gasteiger partial charge in [-0.05, 0) is 0 Å². The summed E-state index contributed by atoms with van der Waals surface area (Å²) in [6, 6.07) is 0. The standard InChI is InChI=1S/C6H10O5/c7-2-1-6(10)4(8)3-11-5(6)9/h4,7-8,10H,1-3H2. The van der Waals surface area contributed by atoms with Gasteiger partial charge in [0.05, 0.1) is 0 Å². The normalized spacial score (nSPS) is 37.4. The van der Waals surface area contributed by atoms with Crippen molar-refractivity contribution in [1.29, 1.82) is 0 Å². The zero-order chi connectivity index (χ0) is 8.48. The number of hydrogen-bond donors (Lipinski definition) is 3. The van der Waals surface area contributed by atoms with Crippen molar-refractivity contribution in [3.63, 3.8) is 0 Å². The number of aliphatic hydroxyl groups excluding tert-OH is 2. The molecule has 1 aliphatic heterocycles. The van der Waals surface area contributed by atoms with Crippen LogP contribution >= 0.6 is 0 Å². The van der Waals surface area contributed by atoms with E-state index in [1.54, 1.807) is 0 Å². The zero-order valence-corrected chi connectivity index (χ0v) is 5.86. The molecule has 0 aromatic carbocycles. The minimum atomic E-state index is -1.89. The van der Waals surface area contributed by atoms with Crippen LogP contribution < -0.4 is 0 Å². The Hall–Kier alpha value is -0.650. The predicted octanol–water partition coefficient (Wildman–Crippen LogP) is -1.98. The Labute approximate surface area is 63.2 Å². The molecule has 0 bridgehead atoms. The molecule has 5 nitrogen and oxygen atoms in total. The average Bonchev–Trinajstić information content (AvgIpc) is 2.19. The smallest absolute Gasteiger partial charge is 0.341 e. The van der Waals surface area contributed by atoms with Gasteiger partial charge < -0.3 is 20.1 Å². The molecule has 0 spiro atoms. The lowest BCUT2D eigenvalue weighted by Crippen LogP contribution is -2.45. The molecule has 0 saturated carbocycles. The van der Waals surface area contributed by atoms with Crippen LogP contribution in [0.3, 0.4) is 0 Å². The summed E-state index contributed by atoms with van der Waals surface area (Å²) < 4.78 is 4.38. The molecule has 2 atom stereocenters. The molecule has 0 aliphatic carbocycles. The largest absolute Gasteiger partial charge is 0.461 e. The molecule has 1 fully saturated rings. The number of hydrogen-bond acceptors (Lipinski definition) is 5. The van der Waals surface area contributed by atoms with E-state index in [9.17, 15) is 9.90 Å². The minimum absolute atomic E-state index is 0.188. The quantitative estimate of drug-likeness (QED) is 0.409. The van der Waals surface area contributed by atoms with E-state index >= 15 is 0 Å². The molecule has 3 N–H and O–H groups in total. The summed E-state index contributed by atoms with van der Waals surface area (Å²) in [5.41, 5.74) is -1.89. The van der Waals surface area contributed by atoms with Gasteiger partial charge in [-0.3, -0.25) is 0 Å². The van der Waals surface area contributed by atoms with Gasteiger partial charge in [-0.15, -0.1) is 0 Å². The third kappa shape index (κ3) is 1.22. The fourth-order valence-electron chi connectivity index (χ4n) is 0.993. The first-order valence-electron chi connectivity index (χ1n) is 3.30. The molecule has 0 radical (unpaired) electrons. The first-order valence-corrected chi connectivity index (χ1v) is 3.30. The van der Waals surface area contributed by atoms with Gasteiger partial charge in [0.1, 0.15) is 12.7 Å². The fraction of sp³-hybridized carbons (Fsp3) is 0.833. The third-order valence-corrected chi connectivity index (χ3v) is 1.77. The van der Waals surface area contributed by atoms with Gasteiger partial charge in [0.2, 0.25) is 0 Å². The van der Waals surface area contributed by atoms with Crippen LogP contribution in [0.5, 0.6) is 0 Å². The number of rotatable bonds is 2. The second-order valence-electron chi connectivity index (χ2n) is 2.51. The minimum Gasteiger partial charge on any atom is -0.461 e. The van der Waals surface area contributed by atoms with Crippen molar-refractivity contribution in [1.82, 2.24) is 0 Å². The van der Waals surface area contributed by atoms with Crippen molar-refractivity contribution >= 4 is 5.97 Å². The second-order valence-corrected chi connectivity index (χ2v) is 2.51. The SMILES string of the molecule is O=C1OCC(O)C1(O)CCO. The average molecular weight is 162 g/mol. The van der Waals surface area contributed by atoms with Gasteiger partial charge in [0.25, 0.3) is 0 Å². The monoisotopic (exact) mass is 162 g/mol.